The van der Waals surface area contributed by atoms with Crippen LogP contribution in [0.2, 0.25) is 0 Å². The summed E-state index contributed by atoms with van der Waals surface area (Å²) < 4.78 is 2.43. The van der Waals surface area contributed by atoms with Crippen molar-refractivity contribution in [1.29, 1.82) is 0 Å². The third-order valence-corrected chi connectivity index (χ3v) is 7.62. The largest absolute Gasteiger partial charge is 0.481 e. The summed E-state index contributed by atoms with van der Waals surface area (Å²) in [7, 11) is 0. The first kappa shape index (κ1) is 20.9. The Morgan fingerprint density at radius 3 is 2.72 bits per heavy atom. The molecular formula is C24H24BrN5O2. The number of carboxylic acids is 1. The molecule has 0 saturated heterocycles. The van der Waals surface area contributed by atoms with Crippen LogP contribution in [0.3, 0.4) is 0 Å². The minimum absolute atomic E-state index is 0.206. The minimum atomic E-state index is -0.716. The number of nitrogens with two attached hydrogens (primary N) is 1. The molecule has 7 nitrogen and oxygen atoms in total. The van der Waals surface area contributed by atoms with Crippen LogP contribution in [0.5, 0.6) is 0 Å². The molecular weight excluding hydrogens is 470 g/mol. The second-order valence-corrected chi connectivity index (χ2v) is 9.44. The summed E-state index contributed by atoms with van der Waals surface area (Å²) in [4.78, 5) is 21.0. The topological polar surface area (TPSA) is 106 Å². The Morgan fingerprint density at radius 1 is 1.22 bits per heavy atom. The van der Waals surface area contributed by atoms with Gasteiger partial charge >= 0.3 is 5.97 Å². The number of carbonyl (C=O) groups is 1. The molecule has 0 bridgehead atoms. The smallest absolute Gasteiger partial charge is 0.306 e. The molecule has 1 unspecified atom stereocenters. The van der Waals surface area contributed by atoms with E-state index in [1.165, 1.54) is 0 Å². The van der Waals surface area contributed by atoms with Crippen molar-refractivity contribution in [3.05, 3.63) is 52.9 Å². The Labute approximate surface area is 193 Å². The third kappa shape index (κ3) is 3.52. The molecule has 0 aliphatic heterocycles. The lowest BCUT2D eigenvalue weighted by Gasteiger charge is -2.31. The van der Waals surface area contributed by atoms with Gasteiger partial charge in [0, 0.05) is 28.6 Å². The number of aliphatic carboxylic acids is 1. The van der Waals surface area contributed by atoms with Crippen molar-refractivity contribution >= 4 is 44.3 Å². The number of hydrogen-bond donors (Lipinski definition) is 2. The molecule has 3 heterocycles. The summed E-state index contributed by atoms with van der Waals surface area (Å²) in [6, 6.07) is 10.1. The molecule has 5 rings (SSSR count). The maximum atomic E-state index is 11.4. The normalized spacial score (nSPS) is 19.9. The van der Waals surface area contributed by atoms with Crippen LogP contribution in [0, 0.1) is 11.8 Å². The van der Waals surface area contributed by atoms with Gasteiger partial charge in [0.1, 0.15) is 5.82 Å². The Kier molecular flexibility index (Phi) is 5.33. The fourth-order valence-corrected chi connectivity index (χ4v) is 5.38. The quantitative estimate of drug-likeness (QED) is 0.400. The molecule has 1 aromatic carbocycles. The average Bonchev–Trinajstić information content (AvgIpc) is 3.25. The first-order valence-corrected chi connectivity index (χ1v) is 11.6. The number of halogens is 1. The zero-order valence-electron chi connectivity index (χ0n) is 17.7. The zero-order chi connectivity index (χ0) is 22.4. The first-order valence-electron chi connectivity index (χ1n) is 10.8. The van der Waals surface area contributed by atoms with Crippen LogP contribution in [0.25, 0.3) is 27.7 Å². The molecule has 4 aromatic rings. The summed E-state index contributed by atoms with van der Waals surface area (Å²) >= 11 is 3.65. The number of fused-ring (bicyclic) bond motifs is 2. The standard InChI is InChI=1S/C24H24BrN5O2/c1-13(24(31)32)14-6-8-15(9-7-14)21-20(25)22(26)30-23(29-21)18(12-28-30)17-10-16-4-2-3-5-19(16)27-11-17/h2-5,10-15H,6-9,26H2,1H3,(H,31,32). The lowest BCUT2D eigenvalue weighted by molar-refractivity contribution is -0.143. The second-order valence-electron chi connectivity index (χ2n) is 8.65. The maximum absolute atomic E-state index is 11.4. The van der Waals surface area contributed by atoms with Crippen molar-refractivity contribution in [2.75, 3.05) is 5.73 Å². The van der Waals surface area contributed by atoms with Crippen molar-refractivity contribution < 1.29 is 9.90 Å². The summed E-state index contributed by atoms with van der Waals surface area (Å²) in [6.45, 7) is 1.81. The van der Waals surface area contributed by atoms with E-state index < -0.39 is 5.97 Å². The molecule has 1 aliphatic carbocycles. The number of nitrogen functional groups attached to an aromatic ring is 1. The molecule has 32 heavy (non-hydrogen) atoms. The molecule has 0 amide bonds. The number of anilines is 1. The Hall–Kier alpha value is -3.00. The Balaban J connectivity index is 1.52. The molecule has 3 aromatic heterocycles. The number of benzene rings is 1. The lowest BCUT2D eigenvalue weighted by atomic mass is 9.75. The number of aromatic nitrogens is 4. The fourth-order valence-electron chi connectivity index (χ4n) is 4.80. The van der Waals surface area contributed by atoms with Gasteiger partial charge in [-0.3, -0.25) is 9.78 Å². The van der Waals surface area contributed by atoms with Crippen molar-refractivity contribution in [2.45, 2.75) is 38.5 Å². The van der Waals surface area contributed by atoms with E-state index in [2.05, 4.69) is 32.1 Å². The van der Waals surface area contributed by atoms with Gasteiger partial charge in [-0.15, -0.1) is 0 Å². The van der Waals surface area contributed by atoms with Crippen LogP contribution in [0.15, 0.2) is 47.2 Å². The van der Waals surface area contributed by atoms with Crippen LogP contribution in [-0.4, -0.2) is 30.7 Å². The third-order valence-electron chi connectivity index (χ3n) is 6.80. The summed E-state index contributed by atoms with van der Waals surface area (Å²) in [5.41, 5.74) is 10.8. The van der Waals surface area contributed by atoms with E-state index in [1.807, 2.05) is 37.4 Å². The minimum Gasteiger partial charge on any atom is -0.481 e. The number of pyridine rings is 1. The van der Waals surface area contributed by atoms with Gasteiger partial charge in [0.2, 0.25) is 0 Å². The van der Waals surface area contributed by atoms with Gasteiger partial charge in [0.15, 0.2) is 5.65 Å². The summed E-state index contributed by atoms with van der Waals surface area (Å²) in [5, 5.41) is 14.9. The van der Waals surface area contributed by atoms with Crippen molar-refractivity contribution in [3.8, 4) is 11.1 Å². The summed E-state index contributed by atoms with van der Waals surface area (Å²) in [6.07, 6.45) is 7.16. The molecule has 1 fully saturated rings. The summed E-state index contributed by atoms with van der Waals surface area (Å²) in [5.74, 6) is -0.0803. The van der Waals surface area contributed by atoms with Crippen molar-refractivity contribution in [3.63, 3.8) is 0 Å². The van der Waals surface area contributed by atoms with Crippen molar-refractivity contribution in [1.82, 2.24) is 19.6 Å². The zero-order valence-corrected chi connectivity index (χ0v) is 19.3. The van der Waals surface area contributed by atoms with Crippen molar-refractivity contribution in [2.24, 2.45) is 11.8 Å². The molecule has 8 heteroatoms. The van der Waals surface area contributed by atoms with Gasteiger partial charge in [-0.05, 0) is 59.7 Å². The highest BCUT2D eigenvalue weighted by molar-refractivity contribution is 9.10. The molecule has 1 aliphatic rings. The van der Waals surface area contributed by atoms with Crippen LogP contribution in [0.4, 0.5) is 5.82 Å². The Bertz CT molecular complexity index is 1330. The molecule has 1 atom stereocenters. The van der Waals surface area contributed by atoms with Crippen LogP contribution in [-0.2, 0) is 4.79 Å². The molecule has 1 saturated carbocycles. The van der Waals surface area contributed by atoms with E-state index in [-0.39, 0.29) is 17.8 Å². The van der Waals surface area contributed by atoms with Gasteiger partial charge in [0.25, 0.3) is 0 Å². The van der Waals surface area contributed by atoms with Gasteiger partial charge in [0.05, 0.1) is 27.8 Å². The van der Waals surface area contributed by atoms with E-state index in [0.717, 1.165) is 57.9 Å². The fraction of sp³-hybridized carbons (Fsp3) is 0.333. The predicted octanol–water partition coefficient (Wildman–Crippen LogP) is 5.28. The number of hydrogen-bond acceptors (Lipinski definition) is 5. The monoisotopic (exact) mass is 493 g/mol. The molecule has 164 valence electrons. The average molecular weight is 494 g/mol. The lowest BCUT2D eigenvalue weighted by Crippen LogP contribution is -2.25. The van der Waals surface area contributed by atoms with E-state index in [9.17, 15) is 9.90 Å². The first-order chi connectivity index (χ1) is 15.4. The van der Waals surface area contributed by atoms with Gasteiger partial charge in [-0.1, -0.05) is 25.1 Å². The molecule has 0 spiro atoms. The van der Waals surface area contributed by atoms with E-state index in [4.69, 9.17) is 10.7 Å². The van der Waals surface area contributed by atoms with E-state index in [1.54, 1.807) is 10.7 Å². The van der Waals surface area contributed by atoms with Crippen LogP contribution < -0.4 is 5.73 Å². The van der Waals surface area contributed by atoms with Gasteiger partial charge in [-0.25, -0.2) is 4.98 Å². The van der Waals surface area contributed by atoms with E-state index >= 15 is 0 Å². The van der Waals surface area contributed by atoms with Gasteiger partial charge in [-0.2, -0.15) is 9.61 Å². The molecule has 3 N–H and O–H groups in total. The predicted molar refractivity (Wildman–Crippen MR) is 127 cm³/mol. The number of carboxylic acid groups (broad SMARTS) is 1. The SMILES string of the molecule is CC(C(=O)O)C1CCC(c2nc3c(-c4cnc5ccccc5c4)cnn3c(N)c2Br)CC1. The number of para-hydroxylation sites is 1. The highest BCUT2D eigenvalue weighted by Crippen LogP contribution is 2.42. The second kappa shape index (κ2) is 8.16. The Morgan fingerprint density at radius 2 is 1.97 bits per heavy atom. The number of rotatable bonds is 4. The van der Waals surface area contributed by atoms with E-state index in [0.29, 0.717) is 11.5 Å². The molecule has 0 radical (unpaired) electrons. The van der Waals surface area contributed by atoms with Crippen LogP contribution >= 0.6 is 15.9 Å². The maximum Gasteiger partial charge on any atom is 0.306 e. The highest BCUT2D eigenvalue weighted by atomic mass is 79.9. The highest BCUT2D eigenvalue weighted by Gasteiger charge is 2.31. The van der Waals surface area contributed by atoms with Gasteiger partial charge < -0.3 is 10.8 Å². The number of nitrogens with zero attached hydrogens (tertiary/aromatic N) is 4. The van der Waals surface area contributed by atoms with Crippen LogP contribution in [0.1, 0.15) is 44.2 Å².